The van der Waals surface area contributed by atoms with E-state index in [0.29, 0.717) is 11.3 Å². The van der Waals surface area contributed by atoms with E-state index in [-0.39, 0.29) is 11.9 Å². The molecular formula is C15H19FN2. The minimum atomic E-state index is -0.556. The third-order valence-corrected chi connectivity index (χ3v) is 3.78. The van der Waals surface area contributed by atoms with E-state index in [1.54, 1.807) is 12.1 Å². The average Bonchev–Trinajstić information content (AvgIpc) is 2.34. The van der Waals surface area contributed by atoms with Gasteiger partial charge in [0.2, 0.25) is 0 Å². The molecule has 1 aliphatic rings. The molecule has 3 N–H and O–H groups in total. The summed E-state index contributed by atoms with van der Waals surface area (Å²) >= 11 is 0. The van der Waals surface area contributed by atoms with Gasteiger partial charge in [-0.05, 0) is 33.0 Å². The van der Waals surface area contributed by atoms with Crippen LogP contribution >= 0.6 is 0 Å². The lowest BCUT2D eigenvalue weighted by atomic mass is 9.70. The highest BCUT2D eigenvalue weighted by molar-refractivity contribution is 5.46. The second-order valence-electron chi connectivity index (χ2n) is 4.96. The summed E-state index contributed by atoms with van der Waals surface area (Å²) in [4.78, 5) is 0. The maximum Gasteiger partial charge on any atom is 0.127 e. The van der Waals surface area contributed by atoms with E-state index in [2.05, 4.69) is 11.4 Å². The molecule has 0 bridgehead atoms. The Morgan fingerprint density at radius 2 is 2.00 bits per heavy atom. The van der Waals surface area contributed by atoms with E-state index < -0.39 is 5.41 Å². The smallest absolute Gasteiger partial charge is 0.127 e. The molecule has 3 heteroatoms. The fraction of sp³-hybridized carbons (Fsp3) is 0.333. The van der Waals surface area contributed by atoms with E-state index in [1.807, 2.05) is 33.0 Å². The van der Waals surface area contributed by atoms with Gasteiger partial charge in [-0.3, -0.25) is 0 Å². The molecule has 18 heavy (non-hydrogen) atoms. The number of nitrogens with one attached hydrogen (secondary N) is 1. The molecule has 0 heterocycles. The molecule has 0 spiro atoms. The molecule has 1 aliphatic carbocycles. The maximum absolute atomic E-state index is 14.1. The summed E-state index contributed by atoms with van der Waals surface area (Å²) < 4.78 is 14.1. The van der Waals surface area contributed by atoms with Gasteiger partial charge in [0, 0.05) is 17.3 Å². The van der Waals surface area contributed by atoms with Gasteiger partial charge in [0.25, 0.3) is 0 Å². The Labute approximate surface area is 107 Å². The second kappa shape index (κ2) is 4.58. The molecule has 2 nitrogen and oxygen atoms in total. The number of benzene rings is 1. The van der Waals surface area contributed by atoms with Crippen molar-refractivity contribution in [2.45, 2.75) is 25.3 Å². The Hall–Kier alpha value is -1.61. The van der Waals surface area contributed by atoms with Crippen LogP contribution in [0.3, 0.4) is 0 Å². The minimum absolute atomic E-state index is 0.0144. The predicted octanol–water partition coefficient (Wildman–Crippen LogP) is 2.47. The third-order valence-electron chi connectivity index (χ3n) is 3.78. The number of hydrogen-bond acceptors (Lipinski definition) is 2. The molecule has 0 radical (unpaired) electrons. The monoisotopic (exact) mass is 246 g/mol. The first-order valence-corrected chi connectivity index (χ1v) is 6.08. The van der Waals surface area contributed by atoms with Crippen LogP contribution in [0.25, 0.3) is 0 Å². The van der Waals surface area contributed by atoms with Gasteiger partial charge in [-0.1, -0.05) is 29.8 Å². The summed E-state index contributed by atoms with van der Waals surface area (Å²) in [6.45, 7) is 3.97. The number of likely N-dealkylation sites (N-methyl/N-ethyl adjacent to an activating group) is 1. The summed E-state index contributed by atoms with van der Waals surface area (Å²) in [6, 6.07) is 6.80. The zero-order chi connectivity index (χ0) is 13.3. The molecule has 0 fully saturated rings. The van der Waals surface area contributed by atoms with Crippen LogP contribution in [-0.2, 0) is 5.41 Å². The van der Waals surface area contributed by atoms with Crippen molar-refractivity contribution < 1.29 is 4.39 Å². The van der Waals surface area contributed by atoms with Gasteiger partial charge in [-0.15, -0.1) is 0 Å². The zero-order valence-corrected chi connectivity index (χ0v) is 11.0. The molecule has 0 aromatic heterocycles. The fourth-order valence-electron chi connectivity index (χ4n) is 2.63. The van der Waals surface area contributed by atoms with E-state index in [9.17, 15) is 4.39 Å². The summed E-state index contributed by atoms with van der Waals surface area (Å²) in [6.07, 6.45) is 4.00. The van der Waals surface area contributed by atoms with Crippen molar-refractivity contribution in [3.63, 3.8) is 0 Å². The highest BCUT2D eigenvalue weighted by Crippen LogP contribution is 2.38. The van der Waals surface area contributed by atoms with Gasteiger partial charge in [0.1, 0.15) is 5.82 Å². The molecule has 2 unspecified atom stereocenters. The number of allylic oxidation sites excluding steroid dienone is 2. The first-order chi connectivity index (χ1) is 8.50. The summed E-state index contributed by atoms with van der Waals surface area (Å²) in [5.74, 6) is -0.218. The van der Waals surface area contributed by atoms with Gasteiger partial charge in [0.15, 0.2) is 0 Å². The lowest BCUT2D eigenvalue weighted by Gasteiger charge is -2.40. The van der Waals surface area contributed by atoms with Crippen molar-refractivity contribution in [2.24, 2.45) is 5.73 Å². The Morgan fingerprint density at radius 1 is 1.33 bits per heavy atom. The van der Waals surface area contributed by atoms with E-state index in [1.165, 1.54) is 6.07 Å². The molecule has 0 amide bonds. The Bertz CT molecular complexity index is 519. The molecule has 2 atom stereocenters. The maximum atomic E-state index is 14.1. The summed E-state index contributed by atoms with van der Waals surface area (Å²) in [5.41, 5.74) is 8.04. The number of hydrogen-bond donors (Lipinski definition) is 2. The van der Waals surface area contributed by atoms with Crippen molar-refractivity contribution in [3.05, 3.63) is 59.1 Å². The van der Waals surface area contributed by atoms with Crippen LogP contribution in [0.1, 0.15) is 19.4 Å². The van der Waals surface area contributed by atoms with E-state index >= 15 is 0 Å². The molecule has 1 aromatic rings. The van der Waals surface area contributed by atoms with Crippen LogP contribution in [0.15, 0.2) is 47.7 Å². The summed E-state index contributed by atoms with van der Waals surface area (Å²) in [7, 11) is 1.87. The van der Waals surface area contributed by atoms with Crippen molar-refractivity contribution in [1.82, 2.24) is 5.32 Å². The quantitative estimate of drug-likeness (QED) is 0.841. The van der Waals surface area contributed by atoms with E-state index in [0.717, 1.165) is 5.57 Å². The van der Waals surface area contributed by atoms with Crippen LogP contribution in [0, 0.1) is 5.82 Å². The van der Waals surface area contributed by atoms with Crippen LogP contribution < -0.4 is 11.1 Å². The average molecular weight is 246 g/mol. The highest BCUT2D eigenvalue weighted by atomic mass is 19.1. The second-order valence-corrected chi connectivity index (χ2v) is 4.96. The first-order valence-electron chi connectivity index (χ1n) is 6.08. The minimum Gasteiger partial charge on any atom is -0.401 e. The molecule has 96 valence electrons. The molecular weight excluding hydrogens is 227 g/mol. The Balaban J connectivity index is 2.59. The van der Waals surface area contributed by atoms with Crippen LogP contribution in [-0.4, -0.2) is 13.1 Å². The Kier molecular flexibility index (Phi) is 3.26. The largest absolute Gasteiger partial charge is 0.401 e. The predicted molar refractivity (Wildman–Crippen MR) is 72.6 cm³/mol. The van der Waals surface area contributed by atoms with Crippen LogP contribution in [0.4, 0.5) is 4.39 Å². The lowest BCUT2D eigenvalue weighted by molar-refractivity contribution is 0.410. The van der Waals surface area contributed by atoms with Crippen LogP contribution in [0.5, 0.6) is 0 Å². The lowest BCUT2D eigenvalue weighted by Crippen LogP contribution is -2.49. The van der Waals surface area contributed by atoms with Gasteiger partial charge in [0.05, 0.1) is 5.41 Å². The topological polar surface area (TPSA) is 38.0 Å². The first kappa shape index (κ1) is 12.8. The van der Waals surface area contributed by atoms with Crippen molar-refractivity contribution in [3.8, 4) is 0 Å². The van der Waals surface area contributed by atoms with Crippen molar-refractivity contribution >= 4 is 0 Å². The number of halogens is 1. The SMILES string of the molecule is CNC1C=C(C)C=C(N)C1(C)c1ccccc1F. The normalized spacial score (nSPS) is 27.7. The van der Waals surface area contributed by atoms with Gasteiger partial charge in [-0.25, -0.2) is 4.39 Å². The van der Waals surface area contributed by atoms with Gasteiger partial charge < -0.3 is 11.1 Å². The number of rotatable bonds is 2. The molecule has 1 aromatic carbocycles. The van der Waals surface area contributed by atoms with Crippen LogP contribution in [0.2, 0.25) is 0 Å². The highest BCUT2D eigenvalue weighted by Gasteiger charge is 2.40. The third kappa shape index (κ3) is 1.85. The van der Waals surface area contributed by atoms with Gasteiger partial charge >= 0.3 is 0 Å². The van der Waals surface area contributed by atoms with Gasteiger partial charge in [-0.2, -0.15) is 0 Å². The number of nitrogens with two attached hydrogens (primary N) is 1. The molecule has 0 saturated heterocycles. The molecule has 0 aliphatic heterocycles. The van der Waals surface area contributed by atoms with Crippen molar-refractivity contribution in [2.75, 3.05) is 7.05 Å². The summed E-state index contributed by atoms with van der Waals surface area (Å²) in [5, 5.41) is 3.22. The fourth-order valence-corrected chi connectivity index (χ4v) is 2.63. The van der Waals surface area contributed by atoms with E-state index in [4.69, 9.17) is 5.73 Å². The standard InChI is InChI=1S/C15H19FN2/c1-10-8-13(17)15(2,14(9-10)18-3)11-6-4-5-7-12(11)16/h4-9,14,18H,17H2,1-3H3. The zero-order valence-electron chi connectivity index (χ0n) is 11.0. The Morgan fingerprint density at radius 3 is 2.61 bits per heavy atom. The molecule has 2 rings (SSSR count). The van der Waals surface area contributed by atoms with Crippen molar-refractivity contribution in [1.29, 1.82) is 0 Å². The molecule has 0 saturated carbocycles.